The van der Waals surface area contributed by atoms with E-state index in [1.54, 1.807) is 0 Å². The lowest BCUT2D eigenvalue weighted by molar-refractivity contribution is 0.955. The first-order valence-electron chi connectivity index (χ1n) is 9.96. The molecule has 1 heterocycles. The van der Waals surface area contributed by atoms with Crippen LogP contribution < -0.4 is 0 Å². The molecule has 1 nitrogen and oxygen atoms in total. The lowest BCUT2D eigenvalue weighted by Crippen LogP contribution is -1.95. The average molecular weight is 359 g/mol. The van der Waals surface area contributed by atoms with Crippen molar-refractivity contribution in [2.75, 3.05) is 0 Å². The molecule has 0 aliphatic heterocycles. The maximum atomic E-state index is 2.43. The van der Waals surface area contributed by atoms with Crippen molar-refractivity contribution < 1.29 is 0 Å². The van der Waals surface area contributed by atoms with Crippen molar-refractivity contribution in [1.29, 1.82) is 0 Å². The molecule has 0 amide bonds. The van der Waals surface area contributed by atoms with Gasteiger partial charge in [-0.2, -0.15) is 0 Å². The van der Waals surface area contributed by atoms with Gasteiger partial charge >= 0.3 is 0 Å². The van der Waals surface area contributed by atoms with E-state index in [0.717, 1.165) is 0 Å². The molecule has 0 bridgehead atoms. The molecule has 5 aromatic rings. The van der Waals surface area contributed by atoms with Crippen LogP contribution in [0.3, 0.4) is 0 Å². The number of hydrogen-bond acceptors (Lipinski definition) is 0. The highest BCUT2D eigenvalue weighted by molar-refractivity contribution is 6.11. The summed E-state index contributed by atoms with van der Waals surface area (Å²) in [6, 6.07) is 31.2. The quantitative estimate of drug-likeness (QED) is 0.298. The van der Waals surface area contributed by atoms with Crippen molar-refractivity contribution in [3.05, 3.63) is 102 Å². The van der Waals surface area contributed by atoms with Gasteiger partial charge in [0.05, 0.1) is 11.0 Å². The molecular formula is C27H21N. The number of rotatable bonds is 1. The van der Waals surface area contributed by atoms with Gasteiger partial charge in [0.2, 0.25) is 0 Å². The van der Waals surface area contributed by atoms with Crippen LogP contribution in [-0.4, -0.2) is 4.57 Å². The van der Waals surface area contributed by atoms with Gasteiger partial charge in [0.25, 0.3) is 0 Å². The third-order valence-electron chi connectivity index (χ3n) is 6.29. The van der Waals surface area contributed by atoms with Crippen molar-refractivity contribution >= 4 is 21.8 Å². The zero-order valence-electron chi connectivity index (χ0n) is 16.1. The Morgan fingerprint density at radius 2 is 1.39 bits per heavy atom. The second kappa shape index (κ2) is 5.59. The Morgan fingerprint density at radius 3 is 2.25 bits per heavy atom. The molecule has 0 saturated carbocycles. The van der Waals surface area contributed by atoms with Crippen molar-refractivity contribution in [1.82, 2.24) is 4.57 Å². The molecule has 6 rings (SSSR count). The Bertz CT molecular complexity index is 1370. The van der Waals surface area contributed by atoms with Crippen LogP contribution in [-0.2, 0) is 0 Å². The van der Waals surface area contributed by atoms with E-state index in [2.05, 4.69) is 103 Å². The van der Waals surface area contributed by atoms with Crippen molar-refractivity contribution in [3.63, 3.8) is 0 Å². The van der Waals surface area contributed by atoms with Crippen LogP contribution in [0.1, 0.15) is 29.5 Å². The van der Waals surface area contributed by atoms with Crippen LogP contribution in [0.15, 0.2) is 84.9 Å². The summed E-state index contributed by atoms with van der Waals surface area (Å²) < 4.78 is 2.41. The van der Waals surface area contributed by atoms with Gasteiger partial charge in [0.1, 0.15) is 0 Å². The predicted octanol–water partition coefficient (Wildman–Crippen LogP) is 7.22. The van der Waals surface area contributed by atoms with Gasteiger partial charge in [-0.1, -0.05) is 67.1 Å². The fourth-order valence-electron chi connectivity index (χ4n) is 4.93. The molecule has 1 aliphatic rings. The van der Waals surface area contributed by atoms with E-state index in [9.17, 15) is 0 Å². The van der Waals surface area contributed by atoms with Crippen molar-refractivity contribution in [2.24, 2.45) is 0 Å². The standard InChI is InChI=1S/C27H21N/c1-17-12-13-20-22(14-17)18(2)23-16-27-25(15-24(20)23)21-10-6-7-11-26(21)28(27)19-8-4-3-5-9-19/h3-16,18H,1-2H3. The van der Waals surface area contributed by atoms with Crippen LogP contribution in [0.4, 0.5) is 0 Å². The smallest absolute Gasteiger partial charge is 0.0544 e. The number of aromatic nitrogens is 1. The molecule has 4 aromatic carbocycles. The third kappa shape index (κ3) is 2.02. The number of fused-ring (bicyclic) bond motifs is 6. The Balaban J connectivity index is 1.75. The van der Waals surface area contributed by atoms with Gasteiger partial charge in [-0.3, -0.25) is 0 Å². The highest BCUT2D eigenvalue weighted by atomic mass is 15.0. The molecule has 1 atom stereocenters. The van der Waals surface area contributed by atoms with Gasteiger partial charge in [0, 0.05) is 22.4 Å². The van der Waals surface area contributed by atoms with Crippen LogP contribution in [0, 0.1) is 6.92 Å². The summed E-state index contributed by atoms with van der Waals surface area (Å²) in [6.07, 6.45) is 0. The molecule has 1 aliphatic carbocycles. The van der Waals surface area contributed by atoms with E-state index in [1.807, 2.05) is 0 Å². The zero-order chi connectivity index (χ0) is 18.8. The molecule has 0 saturated heterocycles. The summed E-state index contributed by atoms with van der Waals surface area (Å²) in [4.78, 5) is 0. The zero-order valence-corrected chi connectivity index (χ0v) is 16.1. The molecular weight excluding hydrogens is 338 g/mol. The molecule has 0 radical (unpaired) electrons. The average Bonchev–Trinajstić information content (AvgIpc) is 3.19. The summed E-state index contributed by atoms with van der Waals surface area (Å²) in [6.45, 7) is 4.52. The second-order valence-corrected chi connectivity index (χ2v) is 7.96. The Hall–Kier alpha value is -3.32. The second-order valence-electron chi connectivity index (χ2n) is 7.96. The van der Waals surface area contributed by atoms with E-state index < -0.39 is 0 Å². The number of hydrogen-bond donors (Lipinski definition) is 0. The predicted molar refractivity (Wildman–Crippen MR) is 118 cm³/mol. The number of aryl methyl sites for hydroxylation is 1. The minimum atomic E-state index is 0.427. The molecule has 0 spiro atoms. The van der Waals surface area contributed by atoms with E-state index in [1.165, 1.54) is 55.3 Å². The first-order chi connectivity index (χ1) is 13.7. The summed E-state index contributed by atoms with van der Waals surface area (Å²) in [5, 5.41) is 2.65. The Morgan fingerprint density at radius 1 is 0.643 bits per heavy atom. The Kier molecular flexibility index (Phi) is 3.14. The van der Waals surface area contributed by atoms with Gasteiger partial charge in [-0.25, -0.2) is 0 Å². The monoisotopic (exact) mass is 359 g/mol. The highest BCUT2D eigenvalue weighted by Gasteiger charge is 2.27. The maximum Gasteiger partial charge on any atom is 0.0544 e. The minimum absolute atomic E-state index is 0.427. The molecule has 1 aromatic heterocycles. The minimum Gasteiger partial charge on any atom is -0.309 e. The summed E-state index contributed by atoms with van der Waals surface area (Å²) in [7, 11) is 0. The number of nitrogens with zero attached hydrogens (tertiary/aromatic N) is 1. The molecule has 28 heavy (non-hydrogen) atoms. The van der Waals surface area contributed by atoms with Crippen LogP contribution in [0.25, 0.3) is 38.6 Å². The lowest BCUT2D eigenvalue weighted by atomic mass is 9.97. The molecule has 0 N–H and O–H groups in total. The van der Waals surface area contributed by atoms with Gasteiger partial charge in [-0.05, 0) is 59.5 Å². The third-order valence-corrected chi connectivity index (χ3v) is 6.29. The number of benzene rings is 4. The topological polar surface area (TPSA) is 4.93 Å². The van der Waals surface area contributed by atoms with Crippen LogP contribution in [0.5, 0.6) is 0 Å². The number of para-hydroxylation sites is 2. The molecule has 134 valence electrons. The van der Waals surface area contributed by atoms with Gasteiger partial charge in [0.15, 0.2) is 0 Å². The fraction of sp³-hybridized carbons (Fsp3) is 0.111. The van der Waals surface area contributed by atoms with E-state index in [0.29, 0.717) is 5.92 Å². The first kappa shape index (κ1) is 15.7. The maximum absolute atomic E-state index is 2.43. The van der Waals surface area contributed by atoms with Crippen molar-refractivity contribution in [3.8, 4) is 16.8 Å². The molecule has 0 fully saturated rings. The van der Waals surface area contributed by atoms with E-state index >= 15 is 0 Å². The molecule has 1 unspecified atom stereocenters. The first-order valence-corrected chi connectivity index (χ1v) is 9.96. The highest BCUT2D eigenvalue weighted by Crippen LogP contribution is 2.47. The Labute approximate surface area is 164 Å². The van der Waals surface area contributed by atoms with E-state index in [4.69, 9.17) is 0 Å². The summed E-state index contributed by atoms with van der Waals surface area (Å²) in [5.74, 6) is 0.427. The summed E-state index contributed by atoms with van der Waals surface area (Å²) in [5.41, 5.74) is 10.8. The normalized spacial score (nSPS) is 15.1. The fourth-order valence-corrected chi connectivity index (χ4v) is 4.93. The summed E-state index contributed by atoms with van der Waals surface area (Å²) >= 11 is 0. The largest absolute Gasteiger partial charge is 0.309 e. The van der Waals surface area contributed by atoms with Crippen LogP contribution >= 0.6 is 0 Å². The SMILES string of the molecule is Cc1ccc2c(c1)C(C)c1cc3c(cc1-2)c1ccccc1n3-c1ccccc1. The van der Waals surface area contributed by atoms with Gasteiger partial charge < -0.3 is 4.57 Å². The lowest BCUT2D eigenvalue weighted by Gasteiger charge is -2.10. The van der Waals surface area contributed by atoms with E-state index in [-0.39, 0.29) is 0 Å². The molecule has 1 heteroatoms. The van der Waals surface area contributed by atoms with Crippen molar-refractivity contribution in [2.45, 2.75) is 19.8 Å². The van der Waals surface area contributed by atoms with Gasteiger partial charge in [-0.15, -0.1) is 0 Å². The van der Waals surface area contributed by atoms with Crippen LogP contribution in [0.2, 0.25) is 0 Å².